The van der Waals surface area contributed by atoms with Gasteiger partial charge in [0.25, 0.3) is 0 Å². The van der Waals surface area contributed by atoms with Crippen LogP contribution in [-0.2, 0) is 16.1 Å². The zero-order chi connectivity index (χ0) is 22.4. The van der Waals surface area contributed by atoms with Crippen molar-refractivity contribution in [3.05, 3.63) is 59.9 Å². The number of nitrogens with one attached hydrogen (secondary N) is 1. The van der Waals surface area contributed by atoms with E-state index in [0.29, 0.717) is 34.3 Å². The van der Waals surface area contributed by atoms with Gasteiger partial charge in [0.2, 0.25) is 5.91 Å². The first-order valence-corrected chi connectivity index (χ1v) is 10.7. The maximum absolute atomic E-state index is 14.3. The van der Waals surface area contributed by atoms with Crippen molar-refractivity contribution >= 4 is 29.3 Å². The van der Waals surface area contributed by atoms with E-state index in [0.717, 1.165) is 0 Å². The molecule has 0 aliphatic heterocycles. The Morgan fingerprint density at radius 1 is 1.13 bits per heavy atom. The summed E-state index contributed by atoms with van der Waals surface area (Å²) < 4.78 is 20.8. The molecule has 0 saturated heterocycles. The molecular weight excluding hydrogens is 419 g/mol. The Labute approximate surface area is 184 Å². The van der Waals surface area contributed by atoms with Crippen molar-refractivity contribution in [2.24, 2.45) is 5.92 Å². The van der Waals surface area contributed by atoms with Gasteiger partial charge in [-0.05, 0) is 42.3 Å². The predicted molar refractivity (Wildman–Crippen MR) is 117 cm³/mol. The molecule has 0 aliphatic carbocycles. The molecule has 1 heterocycles. The van der Waals surface area contributed by atoms with Crippen LogP contribution in [0.3, 0.4) is 0 Å². The van der Waals surface area contributed by atoms with Crippen molar-refractivity contribution < 1.29 is 18.7 Å². The van der Waals surface area contributed by atoms with Gasteiger partial charge >= 0.3 is 5.97 Å². The van der Waals surface area contributed by atoms with Gasteiger partial charge in [0.1, 0.15) is 5.82 Å². The average Bonchev–Trinajstić information content (AvgIpc) is 3.14. The molecule has 1 N–H and O–H groups in total. The van der Waals surface area contributed by atoms with Gasteiger partial charge in [-0.3, -0.25) is 4.79 Å². The van der Waals surface area contributed by atoms with E-state index in [2.05, 4.69) is 20.3 Å². The van der Waals surface area contributed by atoms with Gasteiger partial charge in [0, 0.05) is 12.2 Å². The minimum Gasteiger partial charge on any atom is -0.465 e. The Morgan fingerprint density at radius 2 is 1.84 bits per heavy atom. The molecule has 3 aromatic rings. The lowest BCUT2D eigenvalue weighted by molar-refractivity contribution is -0.113. The van der Waals surface area contributed by atoms with Crippen LogP contribution in [-0.4, -0.2) is 39.5 Å². The number of anilines is 1. The van der Waals surface area contributed by atoms with Gasteiger partial charge < -0.3 is 14.6 Å². The summed E-state index contributed by atoms with van der Waals surface area (Å²) in [5, 5.41) is 11.7. The summed E-state index contributed by atoms with van der Waals surface area (Å²) in [5.41, 5.74) is 1.34. The van der Waals surface area contributed by atoms with Crippen LogP contribution in [0.25, 0.3) is 11.4 Å². The third-order valence-corrected chi connectivity index (χ3v) is 5.27. The van der Waals surface area contributed by atoms with Crippen molar-refractivity contribution in [2.45, 2.75) is 25.5 Å². The summed E-state index contributed by atoms with van der Waals surface area (Å²) >= 11 is 1.23. The van der Waals surface area contributed by atoms with Crippen molar-refractivity contribution in [3.63, 3.8) is 0 Å². The van der Waals surface area contributed by atoms with Crippen molar-refractivity contribution in [3.8, 4) is 11.4 Å². The largest absolute Gasteiger partial charge is 0.465 e. The van der Waals surface area contributed by atoms with E-state index in [4.69, 9.17) is 0 Å². The fraction of sp³-hybridized carbons (Fsp3) is 0.273. The van der Waals surface area contributed by atoms with Gasteiger partial charge in [0.05, 0.1) is 24.0 Å². The standard InChI is InChI=1S/C22H23FN4O3S/c1-14(2)12-27-20(17-6-4-5-7-18(17)23)25-26-22(27)31-13-19(28)24-16-10-8-15(9-11-16)21(29)30-3/h4-11,14H,12-13H2,1-3H3,(H,24,28). The molecule has 2 aromatic carbocycles. The smallest absolute Gasteiger partial charge is 0.337 e. The molecule has 162 valence electrons. The molecule has 1 aromatic heterocycles. The zero-order valence-electron chi connectivity index (χ0n) is 17.5. The topological polar surface area (TPSA) is 86.1 Å². The number of rotatable bonds is 8. The molecule has 0 spiro atoms. The first-order valence-electron chi connectivity index (χ1n) is 9.68. The van der Waals surface area contributed by atoms with Crippen LogP contribution in [0.5, 0.6) is 0 Å². The molecule has 1 amide bonds. The maximum Gasteiger partial charge on any atom is 0.337 e. The summed E-state index contributed by atoms with van der Waals surface area (Å²) in [6.07, 6.45) is 0. The molecule has 7 nitrogen and oxygen atoms in total. The minimum absolute atomic E-state index is 0.103. The molecule has 0 saturated carbocycles. The molecule has 0 unspecified atom stereocenters. The number of methoxy groups -OCH3 is 1. The Morgan fingerprint density at radius 3 is 2.48 bits per heavy atom. The van der Waals surface area contributed by atoms with Crippen LogP contribution in [0.15, 0.2) is 53.7 Å². The molecule has 0 fully saturated rings. The first kappa shape index (κ1) is 22.5. The van der Waals surface area contributed by atoms with Gasteiger partial charge in [-0.2, -0.15) is 0 Å². The quantitative estimate of drug-likeness (QED) is 0.414. The normalized spacial score (nSPS) is 10.9. The lowest BCUT2D eigenvalue weighted by Gasteiger charge is -2.13. The van der Waals surface area contributed by atoms with E-state index in [-0.39, 0.29) is 23.4 Å². The second-order valence-electron chi connectivity index (χ2n) is 7.20. The van der Waals surface area contributed by atoms with E-state index in [9.17, 15) is 14.0 Å². The fourth-order valence-corrected chi connectivity index (χ4v) is 3.65. The third-order valence-electron chi connectivity index (χ3n) is 4.30. The predicted octanol–water partition coefficient (Wildman–Crippen LogP) is 4.26. The fourth-order valence-electron chi connectivity index (χ4n) is 2.90. The number of esters is 1. The molecular formula is C22H23FN4O3S. The number of carbonyl (C=O) groups is 2. The maximum atomic E-state index is 14.3. The highest BCUT2D eigenvalue weighted by molar-refractivity contribution is 7.99. The summed E-state index contributed by atoms with van der Waals surface area (Å²) in [6, 6.07) is 12.8. The molecule has 3 rings (SSSR count). The molecule has 0 radical (unpaired) electrons. The van der Waals surface area contributed by atoms with E-state index < -0.39 is 5.97 Å². The second kappa shape index (κ2) is 10.2. The SMILES string of the molecule is COC(=O)c1ccc(NC(=O)CSc2nnc(-c3ccccc3F)n2CC(C)C)cc1. The number of hydrogen-bond donors (Lipinski definition) is 1. The van der Waals surface area contributed by atoms with E-state index >= 15 is 0 Å². The molecule has 31 heavy (non-hydrogen) atoms. The monoisotopic (exact) mass is 442 g/mol. The Bertz CT molecular complexity index is 1070. The molecule has 0 atom stereocenters. The number of thioether (sulfide) groups is 1. The summed E-state index contributed by atoms with van der Waals surface area (Å²) in [7, 11) is 1.31. The van der Waals surface area contributed by atoms with Gasteiger partial charge in [-0.25, -0.2) is 9.18 Å². The summed E-state index contributed by atoms with van der Waals surface area (Å²) in [5.74, 6) is -0.224. The lowest BCUT2D eigenvalue weighted by Crippen LogP contribution is -2.15. The average molecular weight is 443 g/mol. The zero-order valence-corrected chi connectivity index (χ0v) is 18.3. The van der Waals surface area contributed by atoms with Crippen LogP contribution >= 0.6 is 11.8 Å². The van der Waals surface area contributed by atoms with Crippen LogP contribution in [0, 0.1) is 11.7 Å². The highest BCUT2D eigenvalue weighted by Gasteiger charge is 2.19. The van der Waals surface area contributed by atoms with Crippen LogP contribution in [0.4, 0.5) is 10.1 Å². The van der Waals surface area contributed by atoms with Crippen LogP contribution in [0.1, 0.15) is 24.2 Å². The Kier molecular flexibility index (Phi) is 7.41. The molecule has 0 aliphatic rings. The molecule has 0 bridgehead atoms. The van der Waals surface area contributed by atoms with E-state index in [1.54, 1.807) is 42.5 Å². The number of benzene rings is 2. The third kappa shape index (κ3) is 5.69. The number of aromatic nitrogens is 3. The number of carbonyl (C=O) groups excluding carboxylic acids is 2. The summed E-state index contributed by atoms with van der Waals surface area (Å²) in [6.45, 7) is 4.68. The van der Waals surface area contributed by atoms with Crippen molar-refractivity contribution in [1.29, 1.82) is 0 Å². The number of ether oxygens (including phenoxy) is 1. The van der Waals surface area contributed by atoms with Crippen LogP contribution < -0.4 is 5.32 Å². The van der Waals surface area contributed by atoms with Gasteiger partial charge in [0.15, 0.2) is 11.0 Å². The van der Waals surface area contributed by atoms with Crippen LogP contribution in [0.2, 0.25) is 0 Å². The van der Waals surface area contributed by atoms with E-state index in [1.165, 1.54) is 24.9 Å². The second-order valence-corrected chi connectivity index (χ2v) is 8.14. The number of nitrogens with zero attached hydrogens (tertiary/aromatic N) is 3. The number of halogens is 1. The lowest BCUT2D eigenvalue weighted by atomic mass is 10.2. The Hall–Kier alpha value is -3.20. The van der Waals surface area contributed by atoms with Gasteiger partial charge in [-0.1, -0.05) is 37.7 Å². The first-order chi connectivity index (χ1) is 14.9. The van der Waals surface area contributed by atoms with Crippen molar-refractivity contribution in [1.82, 2.24) is 14.8 Å². The van der Waals surface area contributed by atoms with E-state index in [1.807, 2.05) is 18.4 Å². The number of amides is 1. The Balaban J connectivity index is 1.70. The van der Waals surface area contributed by atoms with Gasteiger partial charge in [-0.15, -0.1) is 10.2 Å². The number of hydrogen-bond acceptors (Lipinski definition) is 6. The summed E-state index contributed by atoms with van der Waals surface area (Å²) in [4.78, 5) is 23.9. The highest BCUT2D eigenvalue weighted by atomic mass is 32.2. The minimum atomic E-state index is -0.441. The highest BCUT2D eigenvalue weighted by Crippen LogP contribution is 2.27. The van der Waals surface area contributed by atoms with Crippen molar-refractivity contribution in [2.75, 3.05) is 18.2 Å². The molecule has 9 heteroatoms.